The first-order chi connectivity index (χ1) is 12.0. The van der Waals surface area contributed by atoms with Crippen LogP contribution in [0.15, 0.2) is 29.3 Å². The summed E-state index contributed by atoms with van der Waals surface area (Å²) in [5.74, 6) is 0.998. The third-order valence-electron chi connectivity index (χ3n) is 5.03. The van der Waals surface area contributed by atoms with Gasteiger partial charge in [0, 0.05) is 34.2 Å². The van der Waals surface area contributed by atoms with Crippen molar-refractivity contribution < 1.29 is 4.79 Å². The molecule has 0 spiro atoms. The number of hydrogen-bond donors (Lipinski definition) is 2. The number of benzene rings is 1. The van der Waals surface area contributed by atoms with Gasteiger partial charge >= 0.3 is 0 Å². The van der Waals surface area contributed by atoms with Gasteiger partial charge in [-0.05, 0) is 31.7 Å². The summed E-state index contributed by atoms with van der Waals surface area (Å²) in [6.07, 6.45) is 5.11. The SMILES string of the molecule is CN=C(NCCc1cccc(C)c1)NCC1(C(=O)N(C)C)CCCC1. The van der Waals surface area contributed by atoms with Gasteiger partial charge in [0.15, 0.2) is 5.96 Å². The number of amides is 1. The highest BCUT2D eigenvalue weighted by Gasteiger charge is 2.42. The van der Waals surface area contributed by atoms with Crippen LogP contribution < -0.4 is 10.6 Å². The molecule has 5 heteroatoms. The van der Waals surface area contributed by atoms with E-state index in [4.69, 9.17) is 0 Å². The Balaban J connectivity index is 1.86. The molecule has 1 saturated carbocycles. The van der Waals surface area contributed by atoms with Crippen molar-refractivity contribution in [2.24, 2.45) is 10.4 Å². The van der Waals surface area contributed by atoms with Gasteiger partial charge < -0.3 is 15.5 Å². The molecule has 0 aromatic heterocycles. The highest BCUT2D eigenvalue weighted by Crippen LogP contribution is 2.38. The van der Waals surface area contributed by atoms with E-state index in [0.717, 1.165) is 44.6 Å². The fourth-order valence-electron chi connectivity index (χ4n) is 3.66. The number of aliphatic imine (C=N–C) groups is 1. The first-order valence-electron chi connectivity index (χ1n) is 9.19. The van der Waals surface area contributed by atoms with Crippen LogP contribution in [0.3, 0.4) is 0 Å². The van der Waals surface area contributed by atoms with Gasteiger partial charge in [-0.2, -0.15) is 0 Å². The second-order valence-electron chi connectivity index (χ2n) is 7.28. The molecule has 2 N–H and O–H groups in total. The summed E-state index contributed by atoms with van der Waals surface area (Å²) in [4.78, 5) is 18.7. The van der Waals surface area contributed by atoms with Crippen LogP contribution in [0, 0.1) is 12.3 Å². The maximum atomic E-state index is 12.6. The largest absolute Gasteiger partial charge is 0.356 e. The van der Waals surface area contributed by atoms with Crippen LogP contribution in [-0.2, 0) is 11.2 Å². The minimum absolute atomic E-state index is 0.229. The van der Waals surface area contributed by atoms with Gasteiger partial charge in [0.1, 0.15) is 0 Å². The standard InChI is InChI=1S/C20H32N4O/c1-16-8-7-9-17(14-16)10-13-22-19(21-2)23-15-20(11-5-6-12-20)18(25)24(3)4/h7-9,14H,5-6,10-13,15H2,1-4H3,(H2,21,22,23). The number of hydrogen-bond acceptors (Lipinski definition) is 2. The van der Waals surface area contributed by atoms with Crippen molar-refractivity contribution in [1.82, 2.24) is 15.5 Å². The molecule has 0 heterocycles. The first-order valence-corrected chi connectivity index (χ1v) is 9.19. The average Bonchev–Trinajstić information content (AvgIpc) is 3.07. The van der Waals surface area contributed by atoms with E-state index < -0.39 is 0 Å². The number of guanidine groups is 1. The monoisotopic (exact) mass is 344 g/mol. The van der Waals surface area contributed by atoms with E-state index in [-0.39, 0.29) is 11.3 Å². The molecule has 0 radical (unpaired) electrons. The Morgan fingerprint density at radius 1 is 1.24 bits per heavy atom. The number of nitrogens with zero attached hydrogens (tertiary/aromatic N) is 2. The lowest BCUT2D eigenvalue weighted by Gasteiger charge is -2.31. The molecule has 1 amide bonds. The molecular weight excluding hydrogens is 312 g/mol. The lowest BCUT2D eigenvalue weighted by atomic mass is 9.84. The second-order valence-corrected chi connectivity index (χ2v) is 7.28. The molecule has 0 unspecified atom stereocenters. The summed E-state index contributed by atoms with van der Waals surface area (Å²) < 4.78 is 0. The lowest BCUT2D eigenvalue weighted by molar-refractivity contribution is -0.138. The van der Waals surface area contributed by atoms with Crippen molar-refractivity contribution >= 4 is 11.9 Å². The summed E-state index contributed by atoms with van der Waals surface area (Å²) in [6.45, 7) is 3.58. The highest BCUT2D eigenvalue weighted by atomic mass is 16.2. The fraction of sp³-hybridized carbons (Fsp3) is 0.600. The van der Waals surface area contributed by atoms with Crippen LogP contribution in [0.25, 0.3) is 0 Å². The molecule has 2 rings (SSSR count). The molecule has 5 nitrogen and oxygen atoms in total. The van der Waals surface area contributed by atoms with Crippen molar-refractivity contribution in [1.29, 1.82) is 0 Å². The van der Waals surface area contributed by atoms with Gasteiger partial charge in [0.05, 0.1) is 5.41 Å². The topological polar surface area (TPSA) is 56.7 Å². The third kappa shape index (κ3) is 5.21. The molecule has 1 aromatic rings. The Morgan fingerprint density at radius 2 is 1.96 bits per heavy atom. The minimum atomic E-state index is -0.280. The van der Waals surface area contributed by atoms with Crippen molar-refractivity contribution in [3.05, 3.63) is 35.4 Å². The predicted molar refractivity (Wildman–Crippen MR) is 104 cm³/mol. The average molecular weight is 345 g/mol. The van der Waals surface area contributed by atoms with Gasteiger partial charge in [0.2, 0.25) is 5.91 Å². The number of aryl methyl sites for hydroxylation is 1. The maximum Gasteiger partial charge on any atom is 0.230 e. The van der Waals surface area contributed by atoms with Gasteiger partial charge in [-0.15, -0.1) is 0 Å². The van der Waals surface area contributed by atoms with E-state index >= 15 is 0 Å². The fourth-order valence-corrected chi connectivity index (χ4v) is 3.66. The Morgan fingerprint density at radius 3 is 2.56 bits per heavy atom. The van der Waals surface area contributed by atoms with Gasteiger partial charge in [-0.1, -0.05) is 42.7 Å². The molecule has 0 saturated heterocycles. The number of nitrogens with one attached hydrogen (secondary N) is 2. The number of carbonyl (C=O) groups is 1. The van der Waals surface area contributed by atoms with Crippen LogP contribution in [0.5, 0.6) is 0 Å². The van der Waals surface area contributed by atoms with E-state index in [1.807, 2.05) is 14.1 Å². The van der Waals surface area contributed by atoms with Crippen molar-refractivity contribution in [3.8, 4) is 0 Å². The zero-order valence-corrected chi connectivity index (χ0v) is 16.1. The summed E-state index contributed by atoms with van der Waals surface area (Å²) >= 11 is 0. The minimum Gasteiger partial charge on any atom is -0.356 e. The zero-order valence-electron chi connectivity index (χ0n) is 16.1. The molecular formula is C20H32N4O. The van der Waals surface area contributed by atoms with Gasteiger partial charge in [0.25, 0.3) is 0 Å². The number of carbonyl (C=O) groups excluding carboxylic acids is 1. The molecule has 138 valence electrons. The van der Waals surface area contributed by atoms with E-state index in [2.05, 4.69) is 46.8 Å². The Kier molecular flexibility index (Phi) is 6.85. The second kappa shape index (κ2) is 8.88. The van der Waals surface area contributed by atoms with Crippen LogP contribution in [-0.4, -0.2) is 51.0 Å². The summed E-state index contributed by atoms with van der Waals surface area (Å²) in [7, 11) is 5.46. The maximum absolute atomic E-state index is 12.6. The molecule has 0 aliphatic heterocycles. The number of rotatable bonds is 6. The van der Waals surface area contributed by atoms with Crippen molar-refractivity contribution in [2.45, 2.75) is 39.0 Å². The summed E-state index contributed by atoms with van der Waals surface area (Å²) in [6, 6.07) is 8.56. The third-order valence-corrected chi connectivity index (χ3v) is 5.03. The van der Waals surface area contributed by atoms with E-state index in [9.17, 15) is 4.79 Å². The quantitative estimate of drug-likeness (QED) is 0.615. The normalized spacial score (nSPS) is 16.6. The Bertz CT molecular complexity index is 603. The molecule has 1 aliphatic rings. The van der Waals surface area contributed by atoms with Gasteiger partial charge in [-0.3, -0.25) is 9.79 Å². The van der Waals surface area contributed by atoms with Crippen molar-refractivity contribution in [2.75, 3.05) is 34.2 Å². The Hall–Kier alpha value is -2.04. The van der Waals surface area contributed by atoms with Crippen LogP contribution in [0.4, 0.5) is 0 Å². The van der Waals surface area contributed by atoms with Crippen molar-refractivity contribution in [3.63, 3.8) is 0 Å². The first kappa shape index (κ1) is 19.3. The molecule has 1 aliphatic carbocycles. The van der Waals surface area contributed by atoms with Crippen LogP contribution >= 0.6 is 0 Å². The smallest absolute Gasteiger partial charge is 0.230 e. The van der Waals surface area contributed by atoms with E-state index in [1.165, 1.54) is 11.1 Å². The van der Waals surface area contributed by atoms with Crippen LogP contribution in [0.1, 0.15) is 36.8 Å². The summed E-state index contributed by atoms with van der Waals surface area (Å²) in [5, 5.41) is 6.74. The molecule has 25 heavy (non-hydrogen) atoms. The van der Waals surface area contributed by atoms with Gasteiger partial charge in [-0.25, -0.2) is 0 Å². The predicted octanol–water partition coefficient (Wildman–Crippen LogP) is 2.35. The molecule has 1 fully saturated rings. The van der Waals surface area contributed by atoms with E-state index in [0.29, 0.717) is 6.54 Å². The molecule has 1 aromatic carbocycles. The molecule has 0 bridgehead atoms. The molecule has 0 atom stereocenters. The Labute approximate surface area is 151 Å². The summed E-state index contributed by atoms with van der Waals surface area (Å²) in [5.41, 5.74) is 2.32. The van der Waals surface area contributed by atoms with E-state index in [1.54, 1.807) is 11.9 Å². The highest BCUT2D eigenvalue weighted by molar-refractivity contribution is 5.85. The lowest BCUT2D eigenvalue weighted by Crippen LogP contribution is -2.49. The van der Waals surface area contributed by atoms with Crippen LogP contribution in [0.2, 0.25) is 0 Å². The zero-order chi connectivity index (χ0) is 18.3.